The van der Waals surface area contributed by atoms with Gasteiger partial charge >= 0.3 is 5.69 Å². The third kappa shape index (κ3) is 5.29. The van der Waals surface area contributed by atoms with Gasteiger partial charge < -0.3 is 19.9 Å². The van der Waals surface area contributed by atoms with E-state index in [1.165, 1.54) is 32.4 Å². The quantitative estimate of drug-likeness (QED) is 0.444. The van der Waals surface area contributed by atoms with Gasteiger partial charge in [-0.15, -0.1) is 0 Å². The molecular formula is C23H24ClN3O7. The number of benzene rings is 2. The summed E-state index contributed by atoms with van der Waals surface area (Å²) < 4.78 is 12.4. The van der Waals surface area contributed by atoms with Crippen molar-refractivity contribution in [3.8, 4) is 11.5 Å². The van der Waals surface area contributed by atoms with Crippen molar-refractivity contribution in [3.05, 3.63) is 62.3 Å². The van der Waals surface area contributed by atoms with Gasteiger partial charge in [-0.1, -0.05) is 23.7 Å². The van der Waals surface area contributed by atoms with Crippen molar-refractivity contribution in [1.82, 2.24) is 9.13 Å². The van der Waals surface area contributed by atoms with E-state index in [2.05, 4.69) is 5.32 Å². The molecule has 0 atom stereocenters. The molecule has 10 nitrogen and oxygen atoms in total. The summed E-state index contributed by atoms with van der Waals surface area (Å²) in [5.74, 6) is -0.302. The molecule has 3 rings (SSSR count). The van der Waals surface area contributed by atoms with Crippen LogP contribution in [0.1, 0.15) is 12.8 Å². The number of carbonyl (C=O) groups is 2. The number of hydrogen-bond donors (Lipinski definition) is 2. The number of fused-ring (bicyclic) bond motifs is 1. The van der Waals surface area contributed by atoms with E-state index in [0.717, 1.165) is 9.13 Å². The number of nitrogens with one attached hydrogen (secondary N) is 1. The van der Waals surface area contributed by atoms with Crippen LogP contribution in [-0.4, -0.2) is 46.8 Å². The molecule has 1 aromatic heterocycles. The molecule has 1 heterocycles. The predicted octanol–water partition coefficient (Wildman–Crippen LogP) is 1.81. The first-order valence-corrected chi connectivity index (χ1v) is 10.7. The van der Waals surface area contributed by atoms with E-state index >= 15 is 0 Å². The molecule has 0 spiro atoms. The number of amides is 1. The molecule has 2 N–H and O–H groups in total. The van der Waals surface area contributed by atoms with E-state index in [4.69, 9.17) is 26.2 Å². The molecule has 3 aromatic rings. The van der Waals surface area contributed by atoms with Crippen LogP contribution in [0, 0.1) is 0 Å². The average molecular weight is 490 g/mol. The summed E-state index contributed by atoms with van der Waals surface area (Å²) in [6, 6.07) is 9.30. The first kappa shape index (κ1) is 25.0. The molecule has 0 unspecified atom stereocenters. The lowest BCUT2D eigenvalue weighted by Gasteiger charge is -2.15. The maximum Gasteiger partial charge on any atom is 0.332 e. The SMILES string of the molecule is COc1cc(OC)c(NC(=O)Cn2c(=O)n(CC(=O)CCCO)c(=O)c3ccccc32)cc1Cl. The molecule has 0 radical (unpaired) electrons. The lowest BCUT2D eigenvalue weighted by molar-refractivity contribution is -0.120. The standard InChI is InChI=1S/C23H24ClN3O7/c1-33-19-11-20(34-2)17(10-16(19)24)25-21(30)13-26-18-8-4-3-7-15(18)22(31)27(23(26)32)12-14(29)6-5-9-28/h3-4,7-8,10-11,28H,5-6,9,12-13H2,1-2H3,(H,25,30). The number of nitrogens with zero attached hydrogens (tertiary/aromatic N) is 2. The van der Waals surface area contributed by atoms with Crippen LogP contribution in [0.25, 0.3) is 10.9 Å². The van der Waals surface area contributed by atoms with E-state index in [0.29, 0.717) is 11.5 Å². The summed E-state index contributed by atoms with van der Waals surface area (Å²) in [5, 5.41) is 12.0. The lowest BCUT2D eigenvalue weighted by Crippen LogP contribution is -2.43. The summed E-state index contributed by atoms with van der Waals surface area (Å²) in [6.45, 7) is -1.06. The van der Waals surface area contributed by atoms with Crippen LogP contribution in [0.5, 0.6) is 11.5 Å². The number of ether oxygens (including phenoxy) is 2. The molecular weight excluding hydrogens is 466 g/mol. The number of aromatic nitrogens is 2. The van der Waals surface area contributed by atoms with E-state index in [1.807, 2.05) is 0 Å². The van der Waals surface area contributed by atoms with Gasteiger partial charge in [0.15, 0.2) is 5.78 Å². The van der Waals surface area contributed by atoms with Crippen molar-refractivity contribution >= 4 is 39.9 Å². The van der Waals surface area contributed by atoms with E-state index in [-0.39, 0.29) is 46.8 Å². The number of Topliss-reactive ketones (excluding diaryl/α,β-unsaturated/α-hetero) is 1. The zero-order chi connectivity index (χ0) is 24.8. The minimum Gasteiger partial charge on any atom is -0.495 e. The molecule has 0 aliphatic carbocycles. The van der Waals surface area contributed by atoms with Gasteiger partial charge in [0.2, 0.25) is 5.91 Å². The molecule has 0 saturated heterocycles. The molecule has 1 amide bonds. The second-order valence-electron chi connectivity index (χ2n) is 7.38. The zero-order valence-electron chi connectivity index (χ0n) is 18.7. The van der Waals surface area contributed by atoms with Crippen molar-refractivity contribution in [2.24, 2.45) is 0 Å². The minimum atomic E-state index is -0.795. The molecule has 0 aliphatic rings. The highest BCUT2D eigenvalue weighted by molar-refractivity contribution is 6.32. The van der Waals surface area contributed by atoms with Gasteiger partial charge in [0, 0.05) is 19.1 Å². The number of ketones is 1. The highest BCUT2D eigenvalue weighted by Gasteiger charge is 2.18. The van der Waals surface area contributed by atoms with Crippen molar-refractivity contribution in [3.63, 3.8) is 0 Å². The summed E-state index contributed by atoms with van der Waals surface area (Å²) in [7, 11) is 2.86. The van der Waals surface area contributed by atoms with E-state index in [9.17, 15) is 19.2 Å². The maximum absolute atomic E-state index is 13.1. The van der Waals surface area contributed by atoms with Gasteiger partial charge in [-0.2, -0.15) is 0 Å². The van der Waals surface area contributed by atoms with Gasteiger partial charge in [-0.3, -0.25) is 23.5 Å². The summed E-state index contributed by atoms with van der Waals surface area (Å²) >= 11 is 6.16. The third-order valence-corrected chi connectivity index (χ3v) is 5.43. The number of para-hydroxylation sites is 1. The molecule has 0 aliphatic heterocycles. The van der Waals surface area contributed by atoms with Crippen molar-refractivity contribution in [1.29, 1.82) is 0 Å². The first-order valence-electron chi connectivity index (χ1n) is 10.4. The maximum atomic E-state index is 13.1. The van der Waals surface area contributed by atoms with Crippen molar-refractivity contribution in [2.45, 2.75) is 25.9 Å². The van der Waals surface area contributed by atoms with Crippen molar-refractivity contribution < 1.29 is 24.2 Å². The molecule has 0 fully saturated rings. The highest BCUT2D eigenvalue weighted by Crippen LogP contribution is 2.35. The number of aliphatic hydroxyl groups excluding tert-OH is 1. The van der Waals surface area contributed by atoms with Gasteiger partial charge in [0.05, 0.1) is 42.4 Å². The number of methoxy groups -OCH3 is 2. The topological polar surface area (TPSA) is 129 Å². The molecule has 0 bridgehead atoms. The van der Waals surface area contributed by atoms with Crippen LogP contribution in [0.15, 0.2) is 46.0 Å². The Labute approximate surface area is 199 Å². The fraction of sp³-hybridized carbons (Fsp3) is 0.304. The van der Waals surface area contributed by atoms with Gasteiger partial charge in [-0.05, 0) is 24.6 Å². The highest BCUT2D eigenvalue weighted by atomic mass is 35.5. The Bertz CT molecular complexity index is 1350. The Hall–Kier alpha value is -3.63. The molecule has 2 aromatic carbocycles. The van der Waals surface area contributed by atoms with Crippen LogP contribution in [0.3, 0.4) is 0 Å². The Morgan fingerprint density at radius 1 is 1.03 bits per heavy atom. The number of anilines is 1. The molecule has 180 valence electrons. The van der Waals surface area contributed by atoms with E-state index < -0.39 is 30.2 Å². The largest absolute Gasteiger partial charge is 0.495 e. The Balaban J connectivity index is 1.99. The Morgan fingerprint density at radius 2 is 1.74 bits per heavy atom. The predicted molar refractivity (Wildman–Crippen MR) is 127 cm³/mol. The molecule has 11 heteroatoms. The van der Waals surface area contributed by atoms with Crippen LogP contribution in [-0.2, 0) is 22.7 Å². The Kier molecular flexibility index (Phi) is 8.08. The summed E-state index contributed by atoms with van der Waals surface area (Å²) in [4.78, 5) is 51.1. The van der Waals surface area contributed by atoms with Gasteiger partial charge in [-0.25, -0.2) is 4.79 Å². The van der Waals surface area contributed by atoms with Crippen molar-refractivity contribution in [2.75, 3.05) is 26.1 Å². The lowest BCUT2D eigenvalue weighted by atomic mass is 10.2. The smallest absolute Gasteiger partial charge is 0.332 e. The van der Waals surface area contributed by atoms with Crippen LogP contribution >= 0.6 is 11.6 Å². The number of carbonyl (C=O) groups excluding carboxylic acids is 2. The van der Waals surface area contributed by atoms with E-state index in [1.54, 1.807) is 18.2 Å². The fourth-order valence-electron chi connectivity index (χ4n) is 3.49. The Morgan fingerprint density at radius 3 is 2.41 bits per heavy atom. The van der Waals surface area contributed by atoms with Crippen LogP contribution in [0.2, 0.25) is 5.02 Å². The summed E-state index contributed by atoms with van der Waals surface area (Å²) in [6.07, 6.45) is 0.248. The second kappa shape index (κ2) is 11.0. The second-order valence-corrected chi connectivity index (χ2v) is 7.79. The molecule has 0 saturated carbocycles. The average Bonchev–Trinajstić information content (AvgIpc) is 2.83. The van der Waals surface area contributed by atoms with Crippen LogP contribution in [0.4, 0.5) is 5.69 Å². The number of aliphatic hydroxyl groups is 1. The first-order chi connectivity index (χ1) is 16.3. The zero-order valence-corrected chi connectivity index (χ0v) is 19.4. The number of halogens is 1. The minimum absolute atomic E-state index is 0.0215. The fourth-order valence-corrected chi connectivity index (χ4v) is 3.73. The third-order valence-electron chi connectivity index (χ3n) is 5.13. The van der Waals surface area contributed by atoms with Crippen LogP contribution < -0.4 is 26.0 Å². The number of hydrogen-bond acceptors (Lipinski definition) is 7. The van der Waals surface area contributed by atoms with Gasteiger partial charge in [0.25, 0.3) is 5.56 Å². The normalized spacial score (nSPS) is 10.8. The van der Waals surface area contributed by atoms with Gasteiger partial charge in [0.1, 0.15) is 18.0 Å². The monoisotopic (exact) mass is 489 g/mol. The number of rotatable bonds is 10. The molecule has 34 heavy (non-hydrogen) atoms. The summed E-state index contributed by atoms with van der Waals surface area (Å²) in [5.41, 5.74) is -0.899.